The lowest BCUT2D eigenvalue weighted by Gasteiger charge is -2.19. The maximum absolute atomic E-state index is 13.2. The van der Waals surface area contributed by atoms with Crippen molar-refractivity contribution in [3.05, 3.63) is 136 Å². The van der Waals surface area contributed by atoms with Gasteiger partial charge in [0, 0.05) is 18.8 Å². The number of rotatable bonds is 8. The van der Waals surface area contributed by atoms with E-state index in [-0.39, 0.29) is 23.6 Å². The van der Waals surface area contributed by atoms with E-state index in [2.05, 4.69) is 5.32 Å². The number of benzene rings is 3. The van der Waals surface area contributed by atoms with Crippen LogP contribution in [0, 0.1) is 0 Å². The molecule has 5 nitrogen and oxygen atoms in total. The number of carbonyl (C=O) groups excluding carboxylic acids is 1. The number of aryl methyl sites for hydroxylation is 1. The summed E-state index contributed by atoms with van der Waals surface area (Å²) in [7, 11) is 1.84. The van der Waals surface area contributed by atoms with Crippen molar-refractivity contribution in [2.75, 3.05) is 0 Å². The fourth-order valence-corrected chi connectivity index (χ4v) is 3.73. The zero-order valence-corrected chi connectivity index (χ0v) is 18.5. The number of aromatic nitrogens is 1. The Morgan fingerprint density at radius 1 is 0.879 bits per heavy atom. The summed E-state index contributed by atoms with van der Waals surface area (Å²) < 4.78 is 7.53. The molecule has 1 amide bonds. The van der Waals surface area contributed by atoms with Crippen molar-refractivity contribution in [1.82, 2.24) is 9.88 Å². The third kappa shape index (κ3) is 5.57. The van der Waals surface area contributed by atoms with Gasteiger partial charge in [0.05, 0.1) is 18.7 Å². The minimum absolute atomic E-state index is 0.121. The molecule has 0 unspecified atom stereocenters. The summed E-state index contributed by atoms with van der Waals surface area (Å²) in [6.45, 7) is 0.557. The van der Waals surface area contributed by atoms with Gasteiger partial charge in [-0.3, -0.25) is 9.59 Å². The van der Waals surface area contributed by atoms with Crippen LogP contribution in [0.25, 0.3) is 0 Å². The fourth-order valence-electron chi connectivity index (χ4n) is 3.73. The van der Waals surface area contributed by atoms with Gasteiger partial charge in [-0.2, -0.15) is 0 Å². The summed E-state index contributed by atoms with van der Waals surface area (Å²) in [6.07, 6.45) is 1.67. The van der Waals surface area contributed by atoms with Gasteiger partial charge in [-0.25, -0.2) is 0 Å². The van der Waals surface area contributed by atoms with Crippen molar-refractivity contribution < 1.29 is 9.53 Å². The first-order valence-electron chi connectivity index (χ1n) is 10.9. The Morgan fingerprint density at radius 3 is 2.00 bits per heavy atom. The number of hydrogen-bond acceptors (Lipinski definition) is 3. The van der Waals surface area contributed by atoms with Crippen LogP contribution in [0.1, 0.15) is 28.3 Å². The van der Waals surface area contributed by atoms with E-state index in [9.17, 15) is 9.59 Å². The van der Waals surface area contributed by atoms with Crippen LogP contribution < -0.4 is 15.5 Å². The molecular formula is C28H26N2O3. The zero-order valence-electron chi connectivity index (χ0n) is 18.5. The third-order valence-electron chi connectivity index (χ3n) is 5.51. The highest BCUT2D eigenvalue weighted by Gasteiger charge is 2.22. The Hall–Kier alpha value is -4.12. The topological polar surface area (TPSA) is 60.3 Å². The molecule has 1 heterocycles. The molecule has 0 aliphatic rings. The number of hydrogen-bond donors (Lipinski definition) is 1. The van der Waals surface area contributed by atoms with Crippen LogP contribution in [0.3, 0.4) is 0 Å². The van der Waals surface area contributed by atoms with Crippen LogP contribution in [-0.2, 0) is 25.0 Å². The predicted molar refractivity (Wildman–Crippen MR) is 129 cm³/mol. The summed E-state index contributed by atoms with van der Waals surface area (Å²) in [6, 6.07) is 30.6. The maximum Gasteiger partial charge on any atom is 0.232 e. The van der Waals surface area contributed by atoms with E-state index in [1.165, 1.54) is 6.07 Å². The van der Waals surface area contributed by atoms with E-state index in [0.29, 0.717) is 12.3 Å². The Bertz CT molecular complexity index is 1210. The molecule has 0 aliphatic carbocycles. The van der Waals surface area contributed by atoms with Gasteiger partial charge in [-0.1, -0.05) is 91.0 Å². The second-order valence-corrected chi connectivity index (χ2v) is 7.85. The van der Waals surface area contributed by atoms with Crippen LogP contribution in [0.2, 0.25) is 0 Å². The van der Waals surface area contributed by atoms with Gasteiger partial charge in [0.1, 0.15) is 6.61 Å². The van der Waals surface area contributed by atoms with E-state index < -0.39 is 5.92 Å². The van der Waals surface area contributed by atoms with Crippen LogP contribution in [-0.4, -0.2) is 10.5 Å². The molecule has 1 N–H and O–H groups in total. The van der Waals surface area contributed by atoms with Crippen LogP contribution >= 0.6 is 0 Å². The molecule has 166 valence electrons. The summed E-state index contributed by atoms with van der Waals surface area (Å²) in [5, 5.41) is 3.00. The molecule has 5 heteroatoms. The largest absolute Gasteiger partial charge is 0.483 e. The molecule has 0 saturated heterocycles. The number of ether oxygens (including phenoxy) is 1. The Labute approximate surface area is 193 Å². The monoisotopic (exact) mass is 438 g/mol. The molecule has 0 spiro atoms. The quantitative estimate of drug-likeness (QED) is 0.443. The van der Waals surface area contributed by atoms with E-state index in [1.807, 2.05) is 103 Å². The van der Waals surface area contributed by atoms with Gasteiger partial charge in [-0.05, 0) is 16.7 Å². The van der Waals surface area contributed by atoms with Crippen LogP contribution in [0.15, 0.2) is 108 Å². The van der Waals surface area contributed by atoms with Crippen LogP contribution in [0.5, 0.6) is 5.75 Å². The molecular weight excluding hydrogens is 412 g/mol. The molecule has 0 bridgehead atoms. The lowest BCUT2D eigenvalue weighted by molar-refractivity contribution is -0.121. The molecule has 4 rings (SSSR count). The van der Waals surface area contributed by atoms with Crippen molar-refractivity contribution in [2.24, 2.45) is 7.05 Å². The van der Waals surface area contributed by atoms with Crippen molar-refractivity contribution in [1.29, 1.82) is 0 Å². The molecule has 3 aromatic carbocycles. The average molecular weight is 439 g/mol. The highest BCUT2D eigenvalue weighted by Crippen LogP contribution is 2.24. The Balaban J connectivity index is 1.47. The van der Waals surface area contributed by atoms with Crippen molar-refractivity contribution in [2.45, 2.75) is 19.1 Å². The first kappa shape index (κ1) is 22.1. The highest BCUT2D eigenvalue weighted by atomic mass is 16.5. The number of carbonyl (C=O) groups is 1. The predicted octanol–water partition coefficient (Wildman–Crippen LogP) is 4.41. The molecule has 0 radical (unpaired) electrons. The molecule has 0 saturated carbocycles. The second-order valence-electron chi connectivity index (χ2n) is 7.85. The lowest BCUT2D eigenvalue weighted by Crippen LogP contribution is -2.31. The molecule has 0 aliphatic heterocycles. The number of nitrogens with zero attached hydrogens (tertiary/aromatic N) is 1. The van der Waals surface area contributed by atoms with Gasteiger partial charge in [0.2, 0.25) is 11.3 Å². The van der Waals surface area contributed by atoms with Crippen molar-refractivity contribution in [3.8, 4) is 5.75 Å². The first-order chi connectivity index (χ1) is 16.1. The number of amides is 1. The molecule has 0 atom stereocenters. The number of pyridine rings is 1. The van der Waals surface area contributed by atoms with Gasteiger partial charge in [0.15, 0.2) is 5.75 Å². The summed E-state index contributed by atoms with van der Waals surface area (Å²) in [5.74, 6) is -0.273. The Kier molecular flexibility index (Phi) is 7.00. The third-order valence-corrected chi connectivity index (χ3v) is 5.51. The second kappa shape index (κ2) is 10.5. The van der Waals surface area contributed by atoms with Gasteiger partial charge in [0.25, 0.3) is 0 Å². The van der Waals surface area contributed by atoms with Crippen molar-refractivity contribution >= 4 is 5.91 Å². The van der Waals surface area contributed by atoms with Gasteiger partial charge >= 0.3 is 0 Å². The molecule has 4 aromatic rings. The summed E-state index contributed by atoms with van der Waals surface area (Å²) in [5.41, 5.74) is 3.31. The number of nitrogens with one attached hydrogen (secondary N) is 1. The maximum atomic E-state index is 13.2. The smallest absolute Gasteiger partial charge is 0.232 e. The average Bonchev–Trinajstić information content (AvgIpc) is 2.85. The summed E-state index contributed by atoms with van der Waals surface area (Å²) in [4.78, 5) is 25.8. The Morgan fingerprint density at radius 2 is 1.42 bits per heavy atom. The van der Waals surface area contributed by atoms with Gasteiger partial charge in [-0.15, -0.1) is 0 Å². The lowest BCUT2D eigenvalue weighted by atomic mass is 9.90. The fraction of sp³-hybridized carbons (Fsp3) is 0.143. The highest BCUT2D eigenvalue weighted by molar-refractivity contribution is 5.87. The van der Waals surface area contributed by atoms with Crippen LogP contribution in [0.4, 0.5) is 0 Å². The minimum Gasteiger partial charge on any atom is -0.483 e. The van der Waals surface area contributed by atoms with Crippen molar-refractivity contribution in [3.63, 3.8) is 0 Å². The molecule has 33 heavy (non-hydrogen) atoms. The van der Waals surface area contributed by atoms with E-state index in [1.54, 1.807) is 6.20 Å². The first-order valence-corrected chi connectivity index (χ1v) is 10.9. The minimum atomic E-state index is -0.432. The van der Waals surface area contributed by atoms with E-state index >= 15 is 0 Å². The van der Waals surface area contributed by atoms with Gasteiger partial charge < -0.3 is 14.6 Å². The SMILES string of the molecule is Cn1cc(OCc2ccccc2)c(=O)cc1CNC(=O)C(c1ccccc1)c1ccccc1. The molecule has 1 aromatic heterocycles. The zero-order chi connectivity index (χ0) is 23.0. The van der Waals surface area contributed by atoms with E-state index in [0.717, 1.165) is 16.7 Å². The standard InChI is InChI=1S/C28H26N2O3/c1-30-19-26(33-20-21-11-5-2-6-12-21)25(31)17-24(30)18-29-28(32)27(22-13-7-3-8-14-22)23-15-9-4-10-16-23/h2-17,19,27H,18,20H2,1H3,(H,29,32). The van der Waals surface area contributed by atoms with E-state index in [4.69, 9.17) is 4.74 Å². The summed E-state index contributed by atoms with van der Waals surface area (Å²) >= 11 is 0. The normalized spacial score (nSPS) is 10.7. The molecule has 0 fully saturated rings.